The Kier molecular flexibility index (Phi) is 4.94. The minimum atomic E-state index is -0.568. The van der Waals surface area contributed by atoms with Crippen LogP contribution in [-0.2, 0) is 4.74 Å². The summed E-state index contributed by atoms with van der Waals surface area (Å²) in [6, 6.07) is 7.32. The summed E-state index contributed by atoms with van der Waals surface area (Å²) < 4.78 is 5.23. The molecule has 108 valence electrons. The van der Waals surface area contributed by atoms with Gasteiger partial charge in [0, 0.05) is 17.7 Å². The van der Waals surface area contributed by atoms with Crippen molar-refractivity contribution in [3.63, 3.8) is 0 Å². The zero-order valence-corrected chi connectivity index (χ0v) is 11.8. The van der Waals surface area contributed by atoms with E-state index in [1.807, 2.05) is 19.1 Å². The van der Waals surface area contributed by atoms with E-state index in [0.29, 0.717) is 18.7 Å². The Labute approximate surface area is 123 Å². The molecule has 1 unspecified atom stereocenters. The maximum Gasteiger partial charge on any atom is 0.254 e. The van der Waals surface area contributed by atoms with E-state index in [1.54, 1.807) is 17.0 Å². The van der Waals surface area contributed by atoms with E-state index in [2.05, 4.69) is 11.8 Å². The Bertz CT molecular complexity index is 637. The predicted molar refractivity (Wildman–Crippen MR) is 76.4 cm³/mol. The smallest absolute Gasteiger partial charge is 0.254 e. The van der Waals surface area contributed by atoms with E-state index < -0.39 is 6.10 Å². The van der Waals surface area contributed by atoms with Crippen molar-refractivity contribution < 1.29 is 14.6 Å². The van der Waals surface area contributed by atoms with Gasteiger partial charge < -0.3 is 14.7 Å². The van der Waals surface area contributed by atoms with E-state index >= 15 is 0 Å². The van der Waals surface area contributed by atoms with Crippen molar-refractivity contribution in [2.75, 3.05) is 26.3 Å². The average molecular weight is 284 g/mol. The molecule has 2 rings (SSSR count). The number of aryl methyl sites for hydroxylation is 1. The molecule has 0 saturated carbocycles. The summed E-state index contributed by atoms with van der Waals surface area (Å²) in [6.07, 6.45) is -0.568. The number of hydrogen-bond donors (Lipinski definition) is 1. The van der Waals surface area contributed by atoms with Crippen molar-refractivity contribution >= 4 is 5.91 Å². The zero-order valence-electron chi connectivity index (χ0n) is 11.8. The highest BCUT2D eigenvalue weighted by atomic mass is 16.5. The van der Waals surface area contributed by atoms with Gasteiger partial charge in [-0.3, -0.25) is 4.79 Å². The summed E-state index contributed by atoms with van der Waals surface area (Å²) in [7, 11) is 0. The number of benzene rings is 1. The van der Waals surface area contributed by atoms with E-state index in [-0.39, 0.29) is 19.1 Å². The highest BCUT2D eigenvalue weighted by Crippen LogP contribution is 2.14. The molecule has 1 atom stereocenters. The quantitative estimate of drug-likeness (QED) is 0.771. The van der Waals surface area contributed by atoms with Crippen molar-refractivity contribution in [1.82, 2.24) is 4.90 Å². The predicted octanol–water partition coefficient (Wildman–Crippen LogP) is 0.703. The van der Waals surface area contributed by atoms with Gasteiger partial charge >= 0.3 is 0 Å². The van der Waals surface area contributed by atoms with E-state index in [4.69, 9.17) is 15.1 Å². The van der Waals surface area contributed by atoms with E-state index in [0.717, 1.165) is 11.1 Å². The molecule has 1 aliphatic heterocycles. The first-order valence-electron chi connectivity index (χ1n) is 6.66. The summed E-state index contributed by atoms with van der Waals surface area (Å²) in [5.41, 5.74) is 2.20. The van der Waals surface area contributed by atoms with Gasteiger partial charge in [-0.25, -0.2) is 0 Å². The summed E-state index contributed by atoms with van der Waals surface area (Å²) in [4.78, 5) is 14.1. The van der Waals surface area contributed by atoms with Gasteiger partial charge in [0.1, 0.15) is 6.61 Å². The lowest BCUT2D eigenvalue weighted by Crippen LogP contribution is -2.45. The lowest BCUT2D eigenvalue weighted by molar-refractivity contribution is 0.00346. The van der Waals surface area contributed by atoms with Crippen LogP contribution in [-0.4, -0.2) is 48.3 Å². The topological polar surface area (TPSA) is 73.6 Å². The Morgan fingerprint density at radius 1 is 1.57 bits per heavy atom. The number of nitrogens with zero attached hydrogens (tertiary/aromatic N) is 2. The van der Waals surface area contributed by atoms with Gasteiger partial charge in [0.15, 0.2) is 6.10 Å². The molecule has 5 nitrogen and oxygen atoms in total. The molecule has 0 aromatic heterocycles. The molecule has 1 aromatic rings. The van der Waals surface area contributed by atoms with Gasteiger partial charge in [-0.15, -0.1) is 0 Å². The van der Waals surface area contributed by atoms with Crippen molar-refractivity contribution in [3.05, 3.63) is 34.9 Å². The SMILES string of the molecule is Cc1ccc(C(=O)N2CCOC(C#N)C2)cc1C#CCO. The van der Waals surface area contributed by atoms with Gasteiger partial charge in [0.25, 0.3) is 5.91 Å². The number of ether oxygens (including phenoxy) is 1. The Morgan fingerprint density at radius 3 is 3.10 bits per heavy atom. The van der Waals surface area contributed by atoms with Crippen LogP contribution in [0.2, 0.25) is 0 Å². The first-order valence-corrected chi connectivity index (χ1v) is 6.66. The molecule has 0 radical (unpaired) electrons. The third kappa shape index (κ3) is 3.61. The first kappa shape index (κ1) is 15.1. The molecule has 21 heavy (non-hydrogen) atoms. The van der Waals surface area contributed by atoms with Crippen LogP contribution in [0.25, 0.3) is 0 Å². The van der Waals surface area contributed by atoms with E-state index in [9.17, 15) is 4.79 Å². The molecule has 1 N–H and O–H groups in total. The Morgan fingerprint density at radius 2 is 2.38 bits per heavy atom. The minimum Gasteiger partial charge on any atom is -0.384 e. The summed E-state index contributed by atoms with van der Waals surface area (Å²) in [6.45, 7) is 2.80. The normalized spacial score (nSPS) is 17.6. The second kappa shape index (κ2) is 6.90. The van der Waals surface area contributed by atoms with Gasteiger partial charge in [0.05, 0.1) is 19.2 Å². The first-order chi connectivity index (χ1) is 10.2. The van der Waals surface area contributed by atoms with Crippen LogP contribution in [0.1, 0.15) is 21.5 Å². The summed E-state index contributed by atoms with van der Waals surface area (Å²) >= 11 is 0. The zero-order chi connectivity index (χ0) is 15.2. The van der Waals surface area contributed by atoms with Crippen LogP contribution in [0.5, 0.6) is 0 Å². The second-order valence-corrected chi connectivity index (χ2v) is 4.73. The fraction of sp³-hybridized carbons (Fsp3) is 0.375. The molecular weight excluding hydrogens is 268 g/mol. The molecule has 1 aliphatic rings. The molecule has 1 fully saturated rings. The van der Waals surface area contributed by atoms with Crippen molar-refractivity contribution in [3.8, 4) is 17.9 Å². The number of rotatable bonds is 1. The third-order valence-corrected chi connectivity index (χ3v) is 3.28. The number of amides is 1. The van der Waals surface area contributed by atoms with Gasteiger partial charge in [0.2, 0.25) is 0 Å². The number of morpholine rings is 1. The number of aliphatic hydroxyl groups excluding tert-OH is 1. The van der Waals surface area contributed by atoms with Gasteiger partial charge in [-0.2, -0.15) is 5.26 Å². The fourth-order valence-corrected chi connectivity index (χ4v) is 2.12. The van der Waals surface area contributed by atoms with E-state index in [1.165, 1.54) is 0 Å². The maximum atomic E-state index is 12.5. The standard InChI is InChI=1S/C16H16N2O3/c1-12-4-5-14(9-13(12)3-2-7-19)16(20)18-6-8-21-15(10-17)11-18/h4-5,9,15,19H,6-8,11H2,1H3. The van der Waals surface area contributed by atoms with Crippen LogP contribution in [0.4, 0.5) is 0 Å². The molecule has 0 aliphatic carbocycles. The van der Waals surface area contributed by atoms with Crippen molar-refractivity contribution in [2.45, 2.75) is 13.0 Å². The molecule has 5 heteroatoms. The van der Waals surface area contributed by atoms with Gasteiger partial charge in [-0.1, -0.05) is 17.9 Å². The Balaban J connectivity index is 2.21. The average Bonchev–Trinajstić information content (AvgIpc) is 2.53. The van der Waals surface area contributed by atoms with Crippen molar-refractivity contribution in [2.24, 2.45) is 0 Å². The molecule has 1 saturated heterocycles. The highest BCUT2D eigenvalue weighted by Gasteiger charge is 2.24. The monoisotopic (exact) mass is 284 g/mol. The lowest BCUT2D eigenvalue weighted by Gasteiger charge is -2.29. The molecular formula is C16H16N2O3. The second-order valence-electron chi connectivity index (χ2n) is 4.73. The molecule has 0 bridgehead atoms. The van der Waals surface area contributed by atoms with Crippen molar-refractivity contribution in [1.29, 1.82) is 5.26 Å². The van der Waals surface area contributed by atoms with Gasteiger partial charge in [-0.05, 0) is 24.6 Å². The minimum absolute atomic E-state index is 0.134. The maximum absolute atomic E-state index is 12.5. The lowest BCUT2D eigenvalue weighted by atomic mass is 10.0. The number of carbonyl (C=O) groups is 1. The molecule has 1 aromatic carbocycles. The largest absolute Gasteiger partial charge is 0.384 e. The number of nitriles is 1. The third-order valence-electron chi connectivity index (χ3n) is 3.28. The van der Waals surface area contributed by atoms with Crippen LogP contribution >= 0.6 is 0 Å². The number of aliphatic hydroxyl groups is 1. The molecule has 1 heterocycles. The highest BCUT2D eigenvalue weighted by molar-refractivity contribution is 5.94. The molecule has 0 spiro atoms. The van der Waals surface area contributed by atoms with Crippen LogP contribution in [0, 0.1) is 30.1 Å². The molecule has 1 amide bonds. The number of hydrogen-bond acceptors (Lipinski definition) is 4. The fourth-order valence-electron chi connectivity index (χ4n) is 2.12. The Hall–Kier alpha value is -2.34. The summed E-state index contributed by atoms with van der Waals surface area (Å²) in [5.74, 6) is 5.28. The van der Waals surface area contributed by atoms with Crippen LogP contribution in [0.3, 0.4) is 0 Å². The van der Waals surface area contributed by atoms with Crippen LogP contribution in [0.15, 0.2) is 18.2 Å². The number of carbonyl (C=O) groups excluding carboxylic acids is 1. The van der Waals surface area contributed by atoms with Crippen LogP contribution < -0.4 is 0 Å². The summed E-state index contributed by atoms with van der Waals surface area (Å²) in [5, 5.41) is 17.6.